The van der Waals surface area contributed by atoms with Gasteiger partial charge in [-0.15, -0.1) is 0 Å². The van der Waals surface area contributed by atoms with Gasteiger partial charge in [0.2, 0.25) is 11.8 Å². The summed E-state index contributed by atoms with van der Waals surface area (Å²) in [7, 11) is 0. The van der Waals surface area contributed by atoms with E-state index in [-0.39, 0.29) is 11.8 Å². The van der Waals surface area contributed by atoms with Gasteiger partial charge in [-0.2, -0.15) is 0 Å². The number of carbonyl (C=O) groups excluding carboxylic acids is 2. The Labute approximate surface area is 210 Å². The van der Waals surface area contributed by atoms with Crippen LogP contribution in [0, 0.1) is 0 Å². The zero-order chi connectivity index (χ0) is 25.1. The van der Waals surface area contributed by atoms with Crippen molar-refractivity contribution in [1.29, 1.82) is 0 Å². The molecule has 1 aliphatic rings. The SMILES string of the molecule is CC(C(=O)Nc1ccnc2[nH]cc(/C=C(\C(N)=O)c3ccccc3)c12)c1ccc(N2CCCC2)cc1. The Kier molecular flexibility index (Phi) is 6.54. The maximum absolute atomic E-state index is 13.2. The molecule has 4 aromatic rings. The van der Waals surface area contributed by atoms with Crippen LogP contribution < -0.4 is 16.0 Å². The van der Waals surface area contributed by atoms with Gasteiger partial charge in [0.05, 0.1) is 11.6 Å². The highest BCUT2D eigenvalue weighted by atomic mass is 16.2. The molecule has 2 aromatic heterocycles. The van der Waals surface area contributed by atoms with Crippen molar-refractivity contribution in [3.05, 3.63) is 89.7 Å². The Morgan fingerprint density at radius 1 is 1.06 bits per heavy atom. The first-order chi connectivity index (χ1) is 17.5. The summed E-state index contributed by atoms with van der Waals surface area (Å²) in [6.45, 7) is 4.07. The van der Waals surface area contributed by atoms with Crippen molar-refractivity contribution in [2.24, 2.45) is 5.73 Å². The second-order valence-corrected chi connectivity index (χ2v) is 9.11. The van der Waals surface area contributed by atoms with Gasteiger partial charge in [-0.1, -0.05) is 42.5 Å². The number of nitrogens with one attached hydrogen (secondary N) is 2. The molecule has 3 heterocycles. The van der Waals surface area contributed by atoms with E-state index >= 15 is 0 Å². The second kappa shape index (κ2) is 10.1. The summed E-state index contributed by atoms with van der Waals surface area (Å²) in [4.78, 5) is 35.4. The third-order valence-electron chi connectivity index (χ3n) is 6.77. The van der Waals surface area contributed by atoms with Crippen LogP contribution in [0.5, 0.6) is 0 Å². The molecule has 36 heavy (non-hydrogen) atoms. The summed E-state index contributed by atoms with van der Waals surface area (Å²) in [5.41, 5.74) is 10.9. The van der Waals surface area contributed by atoms with E-state index in [1.165, 1.54) is 18.5 Å². The van der Waals surface area contributed by atoms with Gasteiger partial charge in [-0.25, -0.2) is 4.98 Å². The predicted octanol–water partition coefficient (Wildman–Crippen LogP) is 4.93. The molecule has 0 saturated carbocycles. The number of anilines is 2. The average Bonchev–Trinajstić information content (AvgIpc) is 3.58. The van der Waals surface area contributed by atoms with Crippen molar-refractivity contribution >= 4 is 45.9 Å². The number of amides is 2. The highest BCUT2D eigenvalue weighted by Gasteiger charge is 2.19. The molecule has 2 amide bonds. The molecule has 1 unspecified atom stereocenters. The number of hydrogen-bond donors (Lipinski definition) is 3. The molecule has 1 saturated heterocycles. The van der Waals surface area contributed by atoms with Crippen LogP contribution in [-0.2, 0) is 9.59 Å². The lowest BCUT2D eigenvalue weighted by Gasteiger charge is -2.19. The lowest BCUT2D eigenvalue weighted by molar-refractivity contribution is -0.117. The summed E-state index contributed by atoms with van der Waals surface area (Å²) < 4.78 is 0. The Balaban J connectivity index is 1.42. The molecule has 182 valence electrons. The number of benzene rings is 2. The molecule has 4 N–H and O–H groups in total. The normalized spacial score (nSPS) is 14.7. The lowest BCUT2D eigenvalue weighted by Crippen LogP contribution is -2.20. The van der Waals surface area contributed by atoms with Gasteiger partial charge in [0.15, 0.2) is 0 Å². The largest absolute Gasteiger partial charge is 0.372 e. The van der Waals surface area contributed by atoms with E-state index in [2.05, 4.69) is 32.3 Å². The topological polar surface area (TPSA) is 104 Å². The standard InChI is InChI=1S/C29H29N5O2/c1-19(20-9-11-23(12-10-20)34-15-5-6-16-34)29(36)33-25-13-14-31-28-26(25)22(18-32-28)17-24(27(30)35)21-7-3-2-4-8-21/h2-4,7-14,17-19H,5-6,15-16H2,1H3,(H2,30,35)(H2,31,32,33,36)/b24-17-. The number of primary amides is 1. The van der Waals surface area contributed by atoms with Gasteiger partial charge >= 0.3 is 0 Å². The summed E-state index contributed by atoms with van der Waals surface area (Å²) in [5, 5.41) is 3.79. The fraction of sp³-hybridized carbons (Fsp3) is 0.207. The molecular weight excluding hydrogens is 450 g/mol. The minimum absolute atomic E-state index is 0.120. The van der Waals surface area contributed by atoms with Crippen LogP contribution in [0.2, 0.25) is 0 Å². The molecule has 0 aliphatic carbocycles. The van der Waals surface area contributed by atoms with E-state index in [0.29, 0.717) is 22.5 Å². The first kappa shape index (κ1) is 23.4. The van der Waals surface area contributed by atoms with Crippen LogP contribution in [0.25, 0.3) is 22.7 Å². The first-order valence-corrected chi connectivity index (χ1v) is 12.2. The van der Waals surface area contributed by atoms with E-state index in [9.17, 15) is 9.59 Å². The van der Waals surface area contributed by atoms with Crippen LogP contribution in [-0.4, -0.2) is 34.9 Å². The minimum atomic E-state index is -0.531. The fourth-order valence-corrected chi connectivity index (χ4v) is 4.71. The quantitative estimate of drug-likeness (QED) is 0.327. The first-order valence-electron chi connectivity index (χ1n) is 12.2. The Morgan fingerprint density at radius 2 is 1.78 bits per heavy atom. The third-order valence-corrected chi connectivity index (χ3v) is 6.77. The highest BCUT2D eigenvalue weighted by Crippen LogP contribution is 2.30. The number of rotatable bonds is 7. The molecule has 0 radical (unpaired) electrons. The van der Waals surface area contributed by atoms with Gasteiger partial charge < -0.3 is 20.9 Å². The summed E-state index contributed by atoms with van der Waals surface area (Å²) in [6.07, 6.45) is 7.59. The Morgan fingerprint density at radius 3 is 2.47 bits per heavy atom. The van der Waals surface area contributed by atoms with E-state index in [1.807, 2.05) is 49.4 Å². The van der Waals surface area contributed by atoms with Crippen LogP contribution >= 0.6 is 0 Å². The van der Waals surface area contributed by atoms with Crippen molar-refractivity contribution in [2.75, 3.05) is 23.3 Å². The fourth-order valence-electron chi connectivity index (χ4n) is 4.71. The monoisotopic (exact) mass is 479 g/mol. The van der Waals surface area contributed by atoms with Crippen molar-refractivity contribution < 1.29 is 9.59 Å². The second-order valence-electron chi connectivity index (χ2n) is 9.11. The van der Waals surface area contributed by atoms with Gasteiger partial charge in [-0.05, 0) is 55.2 Å². The molecule has 7 nitrogen and oxygen atoms in total. The average molecular weight is 480 g/mol. The number of H-pyrrole nitrogens is 1. The number of fused-ring (bicyclic) bond motifs is 1. The molecule has 1 aliphatic heterocycles. The number of hydrogen-bond acceptors (Lipinski definition) is 4. The Hall–Kier alpha value is -4.39. The zero-order valence-electron chi connectivity index (χ0n) is 20.2. The number of pyridine rings is 1. The number of aromatic amines is 1. The lowest BCUT2D eigenvalue weighted by atomic mass is 9.99. The van der Waals surface area contributed by atoms with Gasteiger partial charge in [0, 0.05) is 47.7 Å². The molecule has 0 bridgehead atoms. The molecule has 7 heteroatoms. The summed E-state index contributed by atoms with van der Waals surface area (Å²) in [6, 6.07) is 19.3. The summed E-state index contributed by atoms with van der Waals surface area (Å²) >= 11 is 0. The molecule has 0 spiro atoms. The summed E-state index contributed by atoms with van der Waals surface area (Å²) in [5.74, 6) is -0.994. The van der Waals surface area contributed by atoms with Gasteiger partial charge in [0.25, 0.3) is 0 Å². The Bertz CT molecular complexity index is 1420. The smallest absolute Gasteiger partial charge is 0.249 e. The van der Waals surface area contributed by atoms with E-state index in [1.54, 1.807) is 24.5 Å². The minimum Gasteiger partial charge on any atom is -0.372 e. The van der Waals surface area contributed by atoms with Crippen LogP contribution in [0.1, 0.15) is 42.4 Å². The highest BCUT2D eigenvalue weighted by molar-refractivity contribution is 6.24. The molecule has 1 atom stereocenters. The molecule has 5 rings (SSSR count). The number of nitrogens with zero attached hydrogens (tertiary/aromatic N) is 2. The maximum atomic E-state index is 13.2. The number of nitrogens with two attached hydrogens (primary N) is 1. The van der Waals surface area contributed by atoms with E-state index < -0.39 is 5.91 Å². The zero-order valence-corrected chi connectivity index (χ0v) is 20.2. The number of aromatic nitrogens is 2. The van der Waals surface area contributed by atoms with E-state index in [4.69, 9.17) is 5.73 Å². The van der Waals surface area contributed by atoms with Gasteiger partial charge in [0.1, 0.15) is 5.65 Å². The van der Waals surface area contributed by atoms with Crippen LogP contribution in [0.4, 0.5) is 11.4 Å². The molecule has 1 fully saturated rings. The molecule has 2 aromatic carbocycles. The van der Waals surface area contributed by atoms with Crippen molar-refractivity contribution in [2.45, 2.75) is 25.7 Å². The molecular formula is C29H29N5O2. The van der Waals surface area contributed by atoms with Gasteiger partial charge in [-0.3, -0.25) is 9.59 Å². The van der Waals surface area contributed by atoms with E-state index in [0.717, 1.165) is 29.6 Å². The van der Waals surface area contributed by atoms with Crippen LogP contribution in [0.15, 0.2) is 73.1 Å². The van der Waals surface area contributed by atoms with Crippen molar-refractivity contribution in [3.8, 4) is 0 Å². The number of carbonyl (C=O) groups is 2. The van der Waals surface area contributed by atoms with Crippen LogP contribution in [0.3, 0.4) is 0 Å². The van der Waals surface area contributed by atoms with Crippen molar-refractivity contribution in [3.63, 3.8) is 0 Å². The van der Waals surface area contributed by atoms with Crippen molar-refractivity contribution in [1.82, 2.24) is 9.97 Å². The maximum Gasteiger partial charge on any atom is 0.249 e. The predicted molar refractivity (Wildman–Crippen MR) is 145 cm³/mol. The third kappa shape index (κ3) is 4.73.